The minimum atomic E-state index is -0.0295. The van der Waals surface area contributed by atoms with Crippen LogP contribution in [-0.2, 0) is 0 Å². The smallest absolute Gasteiger partial charge is 0.0614 e. The van der Waals surface area contributed by atoms with Crippen molar-refractivity contribution in [2.24, 2.45) is 0 Å². The van der Waals surface area contributed by atoms with Crippen LogP contribution in [0, 0.1) is 0 Å². The van der Waals surface area contributed by atoms with Crippen LogP contribution < -0.4 is 0 Å². The molecule has 0 atom stereocenters. The Balaban J connectivity index is 2.08. The normalized spacial score (nSPS) is 27.0. The highest BCUT2D eigenvalue weighted by molar-refractivity contribution is 5.22. The molecule has 0 bridgehead atoms. The molecule has 0 saturated carbocycles. The number of hydrogen-bond acceptors (Lipinski definition) is 1. The van der Waals surface area contributed by atoms with E-state index < -0.39 is 0 Å². The maximum absolute atomic E-state index is 9.41. The SMILES string of the molecule is OC1CC2=C(CCCCC2)C1. The van der Waals surface area contributed by atoms with Gasteiger partial charge in [-0.25, -0.2) is 0 Å². The topological polar surface area (TPSA) is 20.2 Å². The summed E-state index contributed by atoms with van der Waals surface area (Å²) >= 11 is 0. The predicted molar refractivity (Wildman–Crippen MR) is 45.4 cm³/mol. The fourth-order valence-electron chi connectivity index (χ4n) is 2.34. The van der Waals surface area contributed by atoms with E-state index in [9.17, 15) is 5.11 Å². The van der Waals surface area contributed by atoms with E-state index in [0.717, 1.165) is 12.8 Å². The third-order valence-corrected chi connectivity index (χ3v) is 2.92. The molecule has 0 fully saturated rings. The van der Waals surface area contributed by atoms with E-state index in [0.29, 0.717) is 0 Å². The molecule has 0 unspecified atom stereocenters. The Hall–Kier alpha value is -0.300. The van der Waals surface area contributed by atoms with Crippen LogP contribution in [-0.4, -0.2) is 11.2 Å². The van der Waals surface area contributed by atoms with Gasteiger partial charge in [-0.15, -0.1) is 0 Å². The van der Waals surface area contributed by atoms with Crippen molar-refractivity contribution in [3.8, 4) is 0 Å². The van der Waals surface area contributed by atoms with Crippen molar-refractivity contribution in [1.82, 2.24) is 0 Å². The second-order valence-corrected chi connectivity index (χ2v) is 3.83. The van der Waals surface area contributed by atoms with Gasteiger partial charge in [-0.05, 0) is 38.5 Å². The Bertz CT molecular complexity index is 163. The number of rotatable bonds is 0. The second kappa shape index (κ2) is 2.98. The van der Waals surface area contributed by atoms with Gasteiger partial charge in [0.15, 0.2) is 0 Å². The van der Waals surface area contributed by atoms with Crippen molar-refractivity contribution in [1.29, 1.82) is 0 Å². The average molecular weight is 152 g/mol. The van der Waals surface area contributed by atoms with Crippen molar-refractivity contribution < 1.29 is 5.11 Å². The quantitative estimate of drug-likeness (QED) is 0.528. The lowest BCUT2D eigenvalue weighted by atomic mass is 10.1. The Morgan fingerprint density at radius 1 is 0.909 bits per heavy atom. The van der Waals surface area contributed by atoms with Gasteiger partial charge in [-0.2, -0.15) is 0 Å². The maximum atomic E-state index is 9.41. The molecular weight excluding hydrogens is 136 g/mol. The molecule has 2 aliphatic carbocycles. The molecule has 0 saturated heterocycles. The van der Waals surface area contributed by atoms with E-state index in [1.54, 1.807) is 11.1 Å². The van der Waals surface area contributed by atoms with Crippen LogP contribution in [0.1, 0.15) is 44.9 Å². The fraction of sp³-hybridized carbons (Fsp3) is 0.800. The molecule has 0 spiro atoms. The lowest BCUT2D eigenvalue weighted by Gasteiger charge is -2.01. The van der Waals surface area contributed by atoms with Crippen LogP contribution in [0.5, 0.6) is 0 Å². The van der Waals surface area contributed by atoms with E-state index in [-0.39, 0.29) is 6.10 Å². The van der Waals surface area contributed by atoms with Crippen molar-refractivity contribution in [2.75, 3.05) is 0 Å². The summed E-state index contributed by atoms with van der Waals surface area (Å²) < 4.78 is 0. The molecule has 62 valence electrons. The summed E-state index contributed by atoms with van der Waals surface area (Å²) in [6, 6.07) is 0. The summed E-state index contributed by atoms with van der Waals surface area (Å²) in [6.45, 7) is 0. The molecule has 0 aromatic carbocycles. The van der Waals surface area contributed by atoms with Gasteiger partial charge in [0.25, 0.3) is 0 Å². The summed E-state index contributed by atoms with van der Waals surface area (Å²) in [5.74, 6) is 0. The third-order valence-electron chi connectivity index (χ3n) is 2.92. The van der Waals surface area contributed by atoms with Gasteiger partial charge in [0.2, 0.25) is 0 Å². The zero-order valence-corrected chi connectivity index (χ0v) is 6.97. The minimum absolute atomic E-state index is 0.0295. The van der Waals surface area contributed by atoms with Gasteiger partial charge < -0.3 is 5.11 Å². The van der Waals surface area contributed by atoms with Gasteiger partial charge in [0.1, 0.15) is 0 Å². The summed E-state index contributed by atoms with van der Waals surface area (Å²) in [5.41, 5.74) is 3.19. The molecule has 0 aromatic heterocycles. The van der Waals surface area contributed by atoms with Gasteiger partial charge in [0.05, 0.1) is 6.10 Å². The van der Waals surface area contributed by atoms with E-state index in [4.69, 9.17) is 0 Å². The largest absolute Gasteiger partial charge is 0.392 e. The summed E-state index contributed by atoms with van der Waals surface area (Å²) in [4.78, 5) is 0. The van der Waals surface area contributed by atoms with Crippen LogP contribution in [0.3, 0.4) is 0 Å². The van der Waals surface area contributed by atoms with Crippen LogP contribution in [0.15, 0.2) is 11.1 Å². The van der Waals surface area contributed by atoms with Gasteiger partial charge >= 0.3 is 0 Å². The Kier molecular flexibility index (Phi) is 1.99. The molecule has 11 heavy (non-hydrogen) atoms. The molecule has 0 aliphatic heterocycles. The van der Waals surface area contributed by atoms with E-state index in [1.165, 1.54) is 32.1 Å². The highest BCUT2D eigenvalue weighted by Gasteiger charge is 2.22. The minimum Gasteiger partial charge on any atom is -0.392 e. The van der Waals surface area contributed by atoms with Crippen molar-refractivity contribution in [3.05, 3.63) is 11.1 Å². The highest BCUT2D eigenvalue weighted by atomic mass is 16.3. The summed E-state index contributed by atoms with van der Waals surface area (Å²) in [5, 5.41) is 9.41. The Morgan fingerprint density at radius 3 is 2.00 bits per heavy atom. The van der Waals surface area contributed by atoms with E-state index >= 15 is 0 Å². The molecule has 2 aliphatic rings. The molecule has 1 heteroatoms. The fourth-order valence-corrected chi connectivity index (χ4v) is 2.34. The van der Waals surface area contributed by atoms with Crippen molar-refractivity contribution >= 4 is 0 Å². The molecule has 1 N–H and O–H groups in total. The summed E-state index contributed by atoms with van der Waals surface area (Å²) in [6.07, 6.45) is 8.57. The monoisotopic (exact) mass is 152 g/mol. The number of hydrogen-bond donors (Lipinski definition) is 1. The van der Waals surface area contributed by atoms with Crippen LogP contribution in [0.2, 0.25) is 0 Å². The second-order valence-electron chi connectivity index (χ2n) is 3.83. The first-order valence-electron chi connectivity index (χ1n) is 4.74. The van der Waals surface area contributed by atoms with Crippen LogP contribution >= 0.6 is 0 Å². The van der Waals surface area contributed by atoms with Crippen molar-refractivity contribution in [2.45, 2.75) is 51.0 Å². The van der Waals surface area contributed by atoms with Crippen LogP contribution in [0.4, 0.5) is 0 Å². The standard InChI is InChI=1S/C10H16O/c11-10-6-8-4-2-1-3-5-9(8)7-10/h10-11H,1-7H2. The zero-order chi connectivity index (χ0) is 7.68. The zero-order valence-electron chi connectivity index (χ0n) is 6.97. The van der Waals surface area contributed by atoms with E-state index in [1.807, 2.05) is 0 Å². The molecule has 0 heterocycles. The lowest BCUT2D eigenvalue weighted by Crippen LogP contribution is -1.99. The van der Waals surface area contributed by atoms with Crippen LogP contribution in [0.25, 0.3) is 0 Å². The first-order chi connectivity index (χ1) is 5.36. The van der Waals surface area contributed by atoms with Gasteiger partial charge in [-0.1, -0.05) is 17.6 Å². The maximum Gasteiger partial charge on any atom is 0.0614 e. The summed E-state index contributed by atoms with van der Waals surface area (Å²) in [7, 11) is 0. The van der Waals surface area contributed by atoms with Gasteiger partial charge in [0, 0.05) is 0 Å². The Morgan fingerprint density at radius 2 is 1.45 bits per heavy atom. The number of aliphatic hydroxyl groups is 1. The molecule has 1 nitrogen and oxygen atoms in total. The predicted octanol–water partition coefficient (Wildman–Crippen LogP) is 2.40. The molecule has 0 radical (unpaired) electrons. The number of aliphatic hydroxyl groups excluding tert-OH is 1. The van der Waals surface area contributed by atoms with Crippen molar-refractivity contribution in [3.63, 3.8) is 0 Å². The van der Waals surface area contributed by atoms with E-state index in [2.05, 4.69) is 0 Å². The first-order valence-corrected chi connectivity index (χ1v) is 4.74. The Labute approximate surface area is 68.1 Å². The highest BCUT2D eigenvalue weighted by Crippen LogP contribution is 2.35. The molecule has 0 aromatic rings. The molecule has 0 amide bonds. The van der Waals surface area contributed by atoms with Gasteiger partial charge in [-0.3, -0.25) is 0 Å². The third kappa shape index (κ3) is 1.48. The molecule has 2 rings (SSSR count). The lowest BCUT2D eigenvalue weighted by molar-refractivity contribution is 0.184. The average Bonchev–Trinajstić information content (AvgIpc) is 2.17. The first kappa shape index (κ1) is 7.35. The molecular formula is C10H16O.